The highest BCUT2D eigenvalue weighted by Gasteiger charge is 2.44. The third-order valence-corrected chi connectivity index (χ3v) is 12.1. The molecule has 262 valence electrons. The van der Waals surface area contributed by atoms with E-state index in [0.717, 1.165) is 27.9 Å². The Hall–Kier alpha value is -6.65. The summed E-state index contributed by atoms with van der Waals surface area (Å²) in [7, 11) is 0. The number of aromatic nitrogens is 4. The lowest BCUT2D eigenvalue weighted by molar-refractivity contribution is 0.353. The highest BCUT2D eigenvalue weighted by molar-refractivity contribution is 6.12. The van der Waals surface area contributed by atoms with Gasteiger partial charge in [-0.15, -0.1) is 0 Å². The fourth-order valence-electron chi connectivity index (χ4n) is 9.44. The van der Waals surface area contributed by atoms with Gasteiger partial charge in [0, 0.05) is 38.6 Å². The Morgan fingerprint density at radius 3 is 1.56 bits per heavy atom. The number of nitrogens with zero attached hydrogens (tertiary/aromatic N) is 4. The molecule has 0 unspecified atom stereocenters. The van der Waals surface area contributed by atoms with E-state index in [1.165, 1.54) is 81.8 Å². The van der Waals surface area contributed by atoms with Crippen molar-refractivity contribution < 1.29 is 0 Å². The van der Waals surface area contributed by atoms with Crippen LogP contribution in [0.1, 0.15) is 43.2 Å². The fraction of sp³-hybridized carbons (Fsp3) is 0.118. The molecule has 0 saturated heterocycles. The van der Waals surface area contributed by atoms with Crippen LogP contribution in [0.4, 0.5) is 0 Å². The van der Waals surface area contributed by atoms with E-state index in [9.17, 15) is 0 Å². The number of benzene rings is 7. The summed E-state index contributed by atoms with van der Waals surface area (Å²) in [5, 5.41) is 2.52. The van der Waals surface area contributed by atoms with Crippen LogP contribution in [0.25, 0.3) is 83.9 Å². The largest absolute Gasteiger partial charge is 0.309 e. The summed E-state index contributed by atoms with van der Waals surface area (Å²) in [6, 6.07) is 61.0. The molecule has 2 aliphatic carbocycles. The van der Waals surface area contributed by atoms with E-state index in [4.69, 9.17) is 15.0 Å². The van der Waals surface area contributed by atoms with Gasteiger partial charge in [0.1, 0.15) is 0 Å². The molecule has 0 N–H and O–H groups in total. The minimum atomic E-state index is 0.0800. The van der Waals surface area contributed by atoms with Crippen LogP contribution >= 0.6 is 0 Å². The first-order valence-corrected chi connectivity index (χ1v) is 19.5. The normalized spacial score (nSPS) is 14.3. The predicted molar refractivity (Wildman–Crippen MR) is 225 cm³/mol. The van der Waals surface area contributed by atoms with Gasteiger partial charge in [0.25, 0.3) is 0 Å². The second-order valence-electron chi connectivity index (χ2n) is 15.1. The smallest absolute Gasteiger partial charge is 0.164 e. The molecule has 0 amide bonds. The van der Waals surface area contributed by atoms with Crippen LogP contribution in [0.2, 0.25) is 0 Å². The molecule has 55 heavy (non-hydrogen) atoms. The molecule has 11 rings (SSSR count). The first-order valence-electron chi connectivity index (χ1n) is 19.5. The fourth-order valence-corrected chi connectivity index (χ4v) is 9.44. The van der Waals surface area contributed by atoms with Gasteiger partial charge < -0.3 is 4.57 Å². The molecule has 4 heteroatoms. The molecule has 7 aromatic carbocycles. The molecule has 2 aromatic heterocycles. The van der Waals surface area contributed by atoms with E-state index in [0.29, 0.717) is 17.5 Å². The summed E-state index contributed by atoms with van der Waals surface area (Å²) in [6.45, 7) is 0. The highest BCUT2D eigenvalue weighted by atomic mass is 15.0. The van der Waals surface area contributed by atoms with Crippen LogP contribution in [0.3, 0.4) is 0 Å². The SMILES string of the molecule is c1ccc(-c2ccc(-n3c4cc(-c5nc(-c6ccccc6)nc(-c6ccccc6)n5)ccc4c4cc5c(cc43)-c3ccccc3C53CCCCC3)cc2)cc1. The van der Waals surface area contributed by atoms with E-state index < -0.39 is 0 Å². The van der Waals surface area contributed by atoms with Crippen molar-refractivity contribution in [1.82, 2.24) is 19.5 Å². The van der Waals surface area contributed by atoms with Crippen LogP contribution in [0.5, 0.6) is 0 Å². The Morgan fingerprint density at radius 2 is 0.909 bits per heavy atom. The predicted octanol–water partition coefficient (Wildman–Crippen LogP) is 12.9. The van der Waals surface area contributed by atoms with Gasteiger partial charge in [-0.05, 0) is 76.6 Å². The summed E-state index contributed by atoms with van der Waals surface area (Å²) >= 11 is 0. The van der Waals surface area contributed by atoms with Crippen molar-refractivity contribution >= 4 is 21.8 Å². The summed E-state index contributed by atoms with van der Waals surface area (Å²) < 4.78 is 2.45. The second kappa shape index (κ2) is 12.7. The van der Waals surface area contributed by atoms with Crippen LogP contribution in [-0.2, 0) is 5.41 Å². The molecule has 4 nitrogen and oxygen atoms in total. The lowest BCUT2D eigenvalue weighted by atomic mass is 9.68. The van der Waals surface area contributed by atoms with Crippen molar-refractivity contribution in [2.24, 2.45) is 0 Å². The van der Waals surface area contributed by atoms with Crippen LogP contribution in [0, 0.1) is 0 Å². The molecule has 1 fully saturated rings. The average molecular weight is 707 g/mol. The van der Waals surface area contributed by atoms with Gasteiger partial charge in [-0.25, -0.2) is 15.0 Å². The van der Waals surface area contributed by atoms with Gasteiger partial charge in [-0.1, -0.05) is 159 Å². The van der Waals surface area contributed by atoms with Crippen molar-refractivity contribution in [3.05, 3.63) is 181 Å². The maximum Gasteiger partial charge on any atom is 0.164 e. The summed E-state index contributed by atoms with van der Waals surface area (Å²) in [5.74, 6) is 1.98. The molecular weight excluding hydrogens is 669 g/mol. The van der Waals surface area contributed by atoms with Gasteiger partial charge in [-0.2, -0.15) is 0 Å². The zero-order valence-corrected chi connectivity index (χ0v) is 30.5. The van der Waals surface area contributed by atoms with Crippen LogP contribution < -0.4 is 0 Å². The topological polar surface area (TPSA) is 43.6 Å². The van der Waals surface area contributed by atoms with Crippen molar-refractivity contribution in [1.29, 1.82) is 0 Å². The molecule has 0 aliphatic heterocycles. The molecular formula is C51H38N4. The van der Waals surface area contributed by atoms with Crippen LogP contribution in [-0.4, -0.2) is 19.5 Å². The monoisotopic (exact) mass is 706 g/mol. The summed E-state index contributed by atoms with van der Waals surface area (Å²) in [6.07, 6.45) is 6.27. The Kier molecular flexibility index (Phi) is 7.38. The lowest BCUT2D eigenvalue weighted by Gasteiger charge is -2.36. The maximum absolute atomic E-state index is 5.11. The quantitative estimate of drug-likeness (QED) is 0.179. The molecule has 0 bridgehead atoms. The number of rotatable bonds is 5. The number of fused-ring (bicyclic) bond motifs is 8. The van der Waals surface area contributed by atoms with Crippen molar-refractivity contribution in [2.75, 3.05) is 0 Å². The maximum atomic E-state index is 5.11. The minimum absolute atomic E-state index is 0.0800. The Morgan fingerprint density at radius 1 is 0.382 bits per heavy atom. The first kappa shape index (κ1) is 31.8. The Balaban J connectivity index is 1.16. The Bertz CT molecular complexity index is 2810. The summed E-state index contributed by atoms with van der Waals surface area (Å²) in [5.41, 5.74) is 14.6. The third kappa shape index (κ3) is 5.16. The van der Waals surface area contributed by atoms with E-state index in [2.05, 4.69) is 138 Å². The highest BCUT2D eigenvalue weighted by Crippen LogP contribution is 2.57. The van der Waals surface area contributed by atoms with Gasteiger partial charge in [-0.3, -0.25) is 0 Å². The zero-order valence-electron chi connectivity index (χ0n) is 30.5. The number of hydrogen-bond donors (Lipinski definition) is 0. The number of hydrogen-bond acceptors (Lipinski definition) is 3. The van der Waals surface area contributed by atoms with Gasteiger partial charge in [0.15, 0.2) is 17.5 Å². The van der Waals surface area contributed by atoms with E-state index in [-0.39, 0.29) is 5.41 Å². The molecule has 0 radical (unpaired) electrons. The minimum Gasteiger partial charge on any atom is -0.309 e. The molecule has 9 aromatic rings. The standard InChI is InChI=1S/C51H38N4/c1-5-15-34(16-6-1)35-23-26-39(27-24-35)55-46-31-38(50-53-48(36-17-7-2-8-18-36)52-49(54-50)37-19-9-3-10-20-37)25-28-41(46)43-32-45-42(33-47(43)55)40-21-11-12-22-44(40)51(45)29-13-4-14-30-51/h1-3,5-12,15-28,31-33H,4,13-14,29-30H2. The van der Waals surface area contributed by atoms with Crippen LogP contribution in [0.15, 0.2) is 170 Å². The van der Waals surface area contributed by atoms with E-state index >= 15 is 0 Å². The average Bonchev–Trinajstić information content (AvgIpc) is 3.72. The first-order chi connectivity index (χ1) is 27.2. The second-order valence-corrected chi connectivity index (χ2v) is 15.1. The van der Waals surface area contributed by atoms with E-state index in [1.807, 2.05) is 36.4 Å². The van der Waals surface area contributed by atoms with Gasteiger partial charge in [0.2, 0.25) is 0 Å². The molecule has 1 spiro atoms. The lowest BCUT2D eigenvalue weighted by Crippen LogP contribution is -2.27. The Labute approximate surface area is 320 Å². The summed E-state index contributed by atoms with van der Waals surface area (Å²) in [4.78, 5) is 15.2. The third-order valence-electron chi connectivity index (χ3n) is 12.1. The van der Waals surface area contributed by atoms with Crippen molar-refractivity contribution in [3.8, 4) is 62.1 Å². The van der Waals surface area contributed by atoms with Gasteiger partial charge in [0.05, 0.1) is 11.0 Å². The molecule has 0 atom stereocenters. The molecule has 2 heterocycles. The molecule has 1 saturated carbocycles. The van der Waals surface area contributed by atoms with Crippen molar-refractivity contribution in [3.63, 3.8) is 0 Å². The van der Waals surface area contributed by atoms with E-state index in [1.54, 1.807) is 0 Å². The van der Waals surface area contributed by atoms with Gasteiger partial charge >= 0.3 is 0 Å². The zero-order chi connectivity index (χ0) is 36.3. The van der Waals surface area contributed by atoms with Crippen molar-refractivity contribution in [2.45, 2.75) is 37.5 Å². The molecule has 2 aliphatic rings.